The van der Waals surface area contributed by atoms with E-state index in [0.29, 0.717) is 17.7 Å². The summed E-state index contributed by atoms with van der Waals surface area (Å²) in [5.41, 5.74) is 2.13. The van der Waals surface area contributed by atoms with Gasteiger partial charge in [-0.3, -0.25) is 4.79 Å². The van der Waals surface area contributed by atoms with E-state index < -0.39 is 5.97 Å². The maximum Gasteiger partial charge on any atom is 0.328 e. The minimum absolute atomic E-state index is 0.137. The highest BCUT2D eigenvalue weighted by atomic mass is 16.4. The van der Waals surface area contributed by atoms with Gasteiger partial charge in [0.25, 0.3) is 5.91 Å². The Bertz CT molecular complexity index is 538. The van der Waals surface area contributed by atoms with E-state index in [9.17, 15) is 9.59 Å². The SMILES string of the molecule is CCN(C)CCNC(=O)c1cc(C=CC(=O)O)ccc1C. The number of hydrogen-bond donors (Lipinski definition) is 2. The lowest BCUT2D eigenvalue weighted by molar-refractivity contribution is -0.131. The zero-order valence-electron chi connectivity index (χ0n) is 12.7. The van der Waals surface area contributed by atoms with Gasteiger partial charge >= 0.3 is 5.97 Å². The summed E-state index contributed by atoms with van der Waals surface area (Å²) in [5, 5.41) is 11.5. The molecule has 0 aliphatic rings. The molecule has 1 aromatic carbocycles. The third-order valence-corrected chi connectivity index (χ3v) is 3.24. The second-order valence-electron chi connectivity index (χ2n) is 4.90. The molecule has 0 saturated carbocycles. The van der Waals surface area contributed by atoms with Crippen molar-refractivity contribution in [2.45, 2.75) is 13.8 Å². The van der Waals surface area contributed by atoms with Crippen molar-refractivity contribution in [2.75, 3.05) is 26.7 Å². The predicted octanol–water partition coefficient (Wildman–Crippen LogP) is 1.77. The summed E-state index contributed by atoms with van der Waals surface area (Å²) in [6, 6.07) is 5.30. The Morgan fingerprint density at radius 2 is 2.10 bits per heavy atom. The number of carboxylic acid groups (broad SMARTS) is 1. The number of rotatable bonds is 7. The van der Waals surface area contributed by atoms with Gasteiger partial charge in [0.05, 0.1) is 0 Å². The van der Waals surface area contributed by atoms with Gasteiger partial charge in [0.2, 0.25) is 0 Å². The largest absolute Gasteiger partial charge is 0.478 e. The number of nitrogens with one attached hydrogen (secondary N) is 1. The van der Waals surface area contributed by atoms with Crippen LogP contribution < -0.4 is 5.32 Å². The molecule has 1 amide bonds. The zero-order chi connectivity index (χ0) is 15.8. The van der Waals surface area contributed by atoms with Crippen LogP contribution in [0.25, 0.3) is 6.08 Å². The topological polar surface area (TPSA) is 69.6 Å². The first-order valence-electron chi connectivity index (χ1n) is 6.92. The van der Waals surface area contributed by atoms with Crippen molar-refractivity contribution in [1.29, 1.82) is 0 Å². The molecule has 5 nitrogen and oxygen atoms in total. The fourth-order valence-corrected chi connectivity index (χ4v) is 1.77. The quantitative estimate of drug-likeness (QED) is 0.751. The van der Waals surface area contributed by atoms with Gasteiger partial charge < -0.3 is 15.3 Å². The molecule has 0 radical (unpaired) electrons. The first-order valence-corrected chi connectivity index (χ1v) is 6.92. The number of aryl methyl sites for hydroxylation is 1. The third-order valence-electron chi connectivity index (χ3n) is 3.24. The lowest BCUT2D eigenvalue weighted by Crippen LogP contribution is -2.33. The smallest absolute Gasteiger partial charge is 0.328 e. The fraction of sp³-hybridized carbons (Fsp3) is 0.375. The third kappa shape index (κ3) is 5.79. The highest BCUT2D eigenvalue weighted by Gasteiger charge is 2.09. The minimum Gasteiger partial charge on any atom is -0.478 e. The van der Waals surface area contributed by atoms with Crippen LogP contribution >= 0.6 is 0 Å². The molecule has 0 aliphatic heterocycles. The molecular formula is C16H22N2O3. The Hall–Kier alpha value is -2.14. The van der Waals surface area contributed by atoms with Crippen molar-refractivity contribution in [2.24, 2.45) is 0 Å². The highest BCUT2D eigenvalue weighted by Crippen LogP contribution is 2.12. The molecule has 0 atom stereocenters. The number of hydrogen-bond acceptors (Lipinski definition) is 3. The van der Waals surface area contributed by atoms with Gasteiger partial charge in [0.15, 0.2) is 0 Å². The Balaban J connectivity index is 2.74. The molecule has 0 aliphatic carbocycles. The van der Waals surface area contributed by atoms with Crippen LogP contribution in [0.4, 0.5) is 0 Å². The summed E-state index contributed by atoms with van der Waals surface area (Å²) in [6.45, 7) is 6.23. The molecule has 0 saturated heterocycles. The van der Waals surface area contributed by atoms with Gasteiger partial charge in [0, 0.05) is 24.7 Å². The summed E-state index contributed by atoms with van der Waals surface area (Å²) in [4.78, 5) is 24.8. The molecule has 21 heavy (non-hydrogen) atoms. The van der Waals surface area contributed by atoms with Gasteiger partial charge in [0.1, 0.15) is 0 Å². The molecule has 1 aromatic rings. The van der Waals surface area contributed by atoms with Crippen LogP contribution in [0.5, 0.6) is 0 Å². The number of nitrogens with zero attached hydrogens (tertiary/aromatic N) is 1. The number of carboxylic acids is 1. The van der Waals surface area contributed by atoms with Gasteiger partial charge in [-0.05, 0) is 43.8 Å². The first-order chi connectivity index (χ1) is 9.93. The van der Waals surface area contributed by atoms with Crippen molar-refractivity contribution in [3.63, 3.8) is 0 Å². The molecule has 0 aromatic heterocycles. The van der Waals surface area contributed by atoms with Crippen molar-refractivity contribution >= 4 is 18.0 Å². The standard InChI is InChI=1S/C16H22N2O3/c1-4-18(3)10-9-17-16(21)14-11-13(6-5-12(14)2)7-8-15(19)20/h5-8,11H,4,9-10H2,1-3H3,(H,17,21)(H,19,20). The van der Waals surface area contributed by atoms with Crippen molar-refractivity contribution in [1.82, 2.24) is 10.2 Å². The number of carbonyl (C=O) groups is 2. The van der Waals surface area contributed by atoms with E-state index in [1.165, 1.54) is 6.08 Å². The molecule has 0 bridgehead atoms. The average Bonchev–Trinajstić information content (AvgIpc) is 2.45. The summed E-state index contributed by atoms with van der Waals surface area (Å²) >= 11 is 0. The van der Waals surface area contributed by atoms with Crippen LogP contribution in [-0.4, -0.2) is 48.6 Å². The van der Waals surface area contributed by atoms with E-state index in [-0.39, 0.29) is 5.91 Å². The van der Waals surface area contributed by atoms with Gasteiger partial charge in [-0.1, -0.05) is 19.1 Å². The van der Waals surface area contributed by atoms with Crippen LogP contribution in [0, 0.1) is 6.92 Å². The lowest BCUT2D eigenvalue weighted by atomic mass is 10.0. The Labute approximate surface area is 125 Å². The summed E-state index contributed by atoms with van der Waals surface area (Å²) in [5.74, 6) is -1.15. The molecule has 2 N–H and O–H groups in total. The molecule has 0 fully saturated rings. The van der Waals surface area contributed by atoms with Gasteiger partial charge in [-0.2, -0.15) is 0 Å². The fourth-order valence-electron chi connectivity index (χ4n) is 1.77. The molecule has 114 valence electrons. The van der Waals surface area contributed by atoms with E-state index in [0.717, 1.165) is 24.7 Å². The van der Waals surface area contributed by atoms with Crippen molar-refractivity contribution in [3.8, 4) is 0 Å². The average molecular weight is 290 g/mol. The van der Waals surface area contributed by atoms with Crippen LogP contribution in [0.1, 0.15) is 28.4 Å². The van der Waals surface area contributed by atoms with E-state index in [1.807, 2.05) is 20.0 Å². The van der Waals surface area contributed by atoms with Crippen LogP contribution in [0.3, 0.4) is 0 Å². The second-order valence-corrected chi connectivity index (χ2v) is 4.90. The Morgan fingerprint density at radius 1 is 1.38 bits per heavy atom. The number of carbonyl (C=O) groups excluding carboxylic acids is 1. The lowest BCUT2D eigenvalue weighted by Gasteiger charge is -2.14. The summed E-state index contributed by atoms with van der Waals surface area (Å²) in [6.07, 6.45) is 2.53. The van der Waals surface area contributed by atoms with Gasteiger partial charge in [-0.25, -0.2) is 4.79 Å². The molecule has 1 rings (SSSR count). The van der Waals surface area contributed by atoms with Crippen molar-refractivity contribution < 1.29 is 14.7 Å². The predicted molar refractivity (Wildman–Crippen MR) is 83.4 cm³/mol. The summed E-state index contributed by atoms with van der Waals surface area (Å²) in [7, 11) is 1.99. The van der Waals surface area contributed by atoms with Crippen LogP contribution in [0.2, 0.25) is 0 Å². The second kappa shape index (κ2) is 8.21. The zero-order valence-corrected chi connectivity index (χ0v) is 12.7. The van der Waals surface area contributed by atoms with Crippen LogP contribution in [0.15, 0.2) is 24.3 Å². The molecule has 0 unspecified atom stereocenters. The molecular weight excluding hydrogens is 268 g/mol. The van der Waals surface area contributed by atoms with E-state index in [1.54, 1.807) is 12.1 Å². The number of benzene rings is 1. The molecule has 0 heterocycles. The first kappa shape index (κ1) is 16.9. The maximum absolute atomic E-state index is 12.2. The van der Waals surface area contributed by atoms with E-state index in [2.05, 4.69) is 17.1 Å². The Morgan fingerprint density at radius 3 is 2.71 bits per heavy atom. The number of likely N-dealkylation sites (N-methyl/N-ethyl adjacent to an activating group) is 1. The Kier molecular flexibility index (Phi) is 6.62. The highest BCUT2D eigenvalue weighted by molar-refractivity contribution is 5.96. The van der Waals surface area contributed by atoms with Crippen molar-refractivity contribution in [3.05, 3.63) is 41.0 Å². The van der Waals surface area contributed by atoms with E-state index in [4.69, 9.17) is 5.11 Å². The number of amides is 1. The summed E-state index contributed by atoms with van der Waals surface area (Å²) < 4.78 is 0. The molecule has 0 spiro atoms. The monoisotopic (exact) mass is 290 g/mol. The number of aliphatic carboxylic acids is 1. The minimum atomic E-state index is -1.01. The van der Waals surface area contributed by atoms with Crippen LogP contribution in [-0.2, 0) is 4.79 Å². The maximum atomic E-state index is 12.2. The molecule has 5 heteroatoms. The normalized spacial score (nSPS) is 11.0. The van der Waals surface area contributed by atoms with E-state index >= 15 is 0 Å². The van der Waals surface area contributed by atoms with Gasteiger partial charge in [-0.15, -0.1) is 0 Å².